The van der Waals surface area contributed by atoms with Gasteiger partial charge >= 0.3 is 0 Å². The van der Waals surface area contributed by atoms with Crippen LogP contribution in [-0.2, 0) is 4.79 Å². The summed E-state index contributed by atoms with van der Waals surface area (Å²) in [5, 5.41) is 12.6. The molecular formula is C22H26N6O3. The van der Waals surface area contributed by atoms with Crippen molar-refractivity contribution in [1.29, 1.82) is 0 Å². The monoisotopic (exact) mass is 422 g/mol. The van der Waals surface area contributed by atoms with Crippen LogP contribution in [0.25, 0.3) is 11.4 Å². The molecule has 9 nitrogen and oxygen atoms in total. The van der Waals surface area contributed by atoms with Gasteiger partial charge in [0.2, 0.25) is 5.78 Å². The molecule has 0 radical (unpaired) electrons. The first-order valence-corrected chi connectivity index (χ1v) is 10.4. The van der Waals surface area contributed by atoms with Crippen molar-refractivity contribution in [2.24, 2.45) is 16.1 Å². The maximum absolute atomic E-state index is 12.7. The Kier molecular flexibility index (Phi) is 6.11. The minimum absolute atomic E-state index is 0.0144. The molecule has 2 unspecified atom stereocenters. The third-order valence-electron chi connectivity index (χ3n) is 5.01. The summed E-state index contributed by atoms with van der Waals surface area (Å²) in [6.07, 6.45) is 5.51. The van der Waals surface area contributed by atoms with Crippen LogP contribution >= 0.6 is 0 Å². The molecule has 0 saturated heterocycles. The van der Waals surface area contributed by atoms with E-state index in [1.54, 1.807) is 24.5 Å². The molecule has 0 saturated carbocycles. The maximum Gasteiger partial charge on any atom is 0.280 e. The Balaban J connectivity index is 1.55. The zero-order valence-electron chi connectivity index (χ0n) is 17.9. The van der Waals surface area contributed by atoms with Crippen LogP contribution < -0.4 is 9.47 Å². The second-order valence-corrected chi connectivity index (χ2v) is 7.74. The Morgan fingerprint density at radius 2 is 1.97 bits per heavy atom. The van der Waals surface area contributed by atoms with Crippen molar-refractivity contribution >= 4 is 17.9 Å². The second kappa shape index (κ2) is 9.11. The number of benzene rings is 1. The molecule has 3 heterocycles. The van der Waals surface area contributed by atoms with Crippen LogP contribution in [0.5, 0.6) is 11.5 Å². The molecule has 2 aliphatic rings. The van der Waals surface area contributed by atoms with E-state index in [-0.39, 0.29) is 23.6 Å². The van der Waals surface area contributed by atoms with Gasteiger partial charge in [-0.2, -0.15) is 5.10 Å². The number of rotatable bonds is 5. The van der Waals surface area contributed by atoms with E-state index in [0.29, 0.717) is 36.9 Å². The lowest BCUT2D eigenvalue weighted by molar-refractivity contribution is -0.114. The fourth-order valence-electron chi connectivity index (χ4n) is 3.53. The van der Waals surface area contributed by atoms with Crippen molar-refractivity contribution in [3.05, 3.63) is 36.7 Å². The lowest BCUT2D eigenvalue weighted by atomic mass is 10.0. The van der Waals surface area contributed by atoms with Crippen LogP contribution in [0.3, 0.4) is 0 Å². The summed E-state index contributed by atoms with van der Waals surface area (Å²) < 4.78 is 11.3. The van der Waals surface area contributed by atoms with E-state index in [2.05, 4.69) is 20.2 Å². The lowest BCUT2D eigenvalue weighted by Gasteiger charge is -2.25. The molecule has 2 aromatic rings. The van der Waals surface area contributed by atoms with Crippen LogP contribution in [0.2, 0.25) is 0 Å². The summed E-state index contributed by atoms with van der Waals surface area (Å²) in [6.45, 7) is 5.90. The van der Waals surface area contributed by atoms with Crippen LogP contribution in [0.1, 0.15) is 20.3 Å². The number of ketones is 1. The average Bonchev–Trinajstić information content (AvgIpc) is 3.14. The molecule has 162 valence electrons. The van der Waals surface area contributed by atoms with Crippen LogP contribution in [-0.4, -0.2) is 70.7 Å². The number of carbonyl (C=O) groups excluding carboxylic acids is 1. The lowest BCUT2D eigenvalue weighted by Crippen LogP contribution is -2.38. The largest absolute Gasteiger partial charge is 0.491 e. The number of carbonyl (C=O) groups is 1. The van der Waals surface area contributed by atoms with Gasteiger partial charge in [-0.3, -0.25) is 14.8 Å². The van der Waals surface area contributed by atoms with Crippen molar-refractivity contribution in [1.82, 2.24) is 20.0 Å². The van der Waals surface area contributed by atoms with Gasteiger partial charge in [0.1, 0.15) is 11.8 Å². The highest BCUT2D eigenvalue weighted by atomic mass is 16.5. The summed E-state index contributed by atoms with van der Waals surface area (Å²) in [5.74, 6) is 1.82. The number of hydrogen-bond acceptors (Lipinski definition) is 9. The summed E-state index contributed by atoms with van der Waals surface area (Å²) in [6, 6.07) is 7.33. The van der Waals surface area contributed by atoms with Crippen LogP contribution in [0, 0.1) is 5.92 Å². The normalized spacial score (nSPS) is 21.1. The molecule has 0 N–H and O–H groups in total. The smallest absolute Gasteiger partial charge is 0.280 e. The first-order valence-electron chi connectivity index (χ1n) is 10.4. The number of hydrazone groups is 2. The van der Waals surface area contributed by atoms with E-state index < -0.39 is 0 Å². The molecule has 0 bridgehead atoms. The molecule has 1 aromatic carbocycles. The minimum Gasteiger partial charge on any atom is -0.491 e. The highest BCUT2D eigenvalue weighted by Crippen LogP contribution is 2.24. The number of likely N-dealkylation sites (N-methyl/N-ethyl adjacent to an activating group) is 1. The van der Waals surface area contributed by atoms with E-state index in [4.69, 9.17) is 9.47 Å². The van der Waals surface area contributed by atoms with E-state index in [1.807, 2.05) is 49.3 Å². The maximum atomic E-state index is 12.7. The van der Waals surface area contributed by atoms with Gasteiger partial charge in [0.05, 0.1) is 31.8 Å². The Bertz CT molecular complexity index is 991. The van der Waals surface area contributed by atoms with Crippen molar-refractivity contribution in [3.63, 3.8) is 0 Å². The predicted molar refractivity (Wildman–Crippen MR) is 117 cm³/mol. The van der Waals surface area contributed by atoms with Gasteiger partial charge < -0.3 is 9.47 Å². The zero-order chi connectivity index (χ0) is 21.8. The topological polar surface area (TPSA) is 92.5 Å². The number of nitrogens with zero attached hydrogens (tertiary/aromatic N) is 6. The van der Waals surface area contributed by atoms with E-state index in [9.17, 15) is 4.79 Å². The molecule has 0 amide bonds. The summed E-state index contributed by atoms with van der Waals surface area (Å²) in [7, 11) is 1.92. The van der Waals surface area contributed by atoms with Crippen LogP contribution in [0.4, 0.5) is 0 Å². The van der Waals surface area contributed by atoms with Crippen molar-refractivity contribution < 1.29 is 14.3 Å². The Morgan fingerprint density at radius 3 is 2.68 bits per heavy atom. The first-order chi connectivity index (χ1) is 15.0. The molecule has 9 heteroatoms. The summed E-state index contributed by atoms with van der Waals surface area (Å²) >= 11 is 0. The second-order valence-electron chi connectivity index (χ2n) is 7.74. The third-order valence-corrected chi connectivity index (χ3v) is 5.01. The summed E-state index contributed by atoms with van der Waals surface area (Å²) in [4.78, 5) is 21.4. The van der Waals surface area contributed by atoms with Crippen molar-refractivity contribution in [2.45, 2.75) is 26.3 Å². The minimum atomic E-state index is -0.110. The standard InChI is InChI=1S/C22H26N6O3/c1-4-30-19-11-23-21(24-12-19)16-6-5-7-18(9-16)31-22-20(29)8-15(2)13-28(26-22)17-10-25-27(3)14-17/h5-7,9-12,15,17H,4,8,13-14H2,1-3H3. The summed E-state index contributed by atoms with van der Waals surface area (Å²) in [5.41, 5.74) is 0.775. The molecule has 2 aliphatic heterocycles. The van der Waals surface area contributed by atoms with Gasteiger partial charge in [-0.15, -0.1) is 5.10 Å². The van der Waals surface area contributed by atoms with E-state index in [1.165, 1.54) is 0 Å². The fourth-order valence-corrected chi connectivity index (χ4v) is 3.53. The fraction of sp³-hybridized carbons (Fsp3) is 0.409. The van der Waals surface area contributed by atoms with Gasteiger partial charge in [0, 0.05) is 25.6 Å². The van der Waals surface area contributed by atoms with Gasteiger partial charge in [0.25, 0.3) is 5.90 Å². The molecule has 0 spiro atoms. The molecule has 0 fully saturated rings. The Hall–Kier alpha value is -3.49. The molecule has 2 atom stereocenters. The van der Waals surface area contributed by atoms with Gasteiger partial charge in [-0.05, 0) is 25.0 Å². The van der Waals surface area contributed by atoms with Gasteiger partial charge in [0.15, 0.2) is 11.6 Å². The Labute approximate surface area is 181 Å². The number of Topliss-reactive ketones (excluding diaryl/α,β-unsaturated/α-hetero) is 1. The van der Waals surface area contributed by atoms with Crippen molar-refractivity contribution in [2.75, 3.05) is 26.7 Å². The molecule has 31 heavy (non-hydrogen) atoms. The number of aromatic nitrogens is 2. The van der Waals surface area contributed by atoms with Crippen LogP contribution in [0.15, 0.2) is 46.9 Å². The molecule has 0 aliphatic carbocycles. The van der Waals surface area contributed by atoms with E-state index >= 15 is 0 Å². The van der Waals surface area contributed by atoms with E-state index in [0.717, 1.165) is 12.1 Å². The van der Waals surface area contributed by atoms with Gasteiger partial charge in [-0.25, -0.2) is 9.97 Å². The SMILES string of the molecule is CCOc1cnc(-c2cccc(OC3=NN(C4C=NN(C)C4)CC(C)CC3=O)c2)nc1. The third kappa shape index (κ3) is 4.99. The average molecular weight is 422 g/mol. The molecular weight excluding hydrogens is 396 g/mol. The molecule has 1 aromatic heterocycles. The highest BCUT2D eigenvalue weighted by Gasteiger charge is 2.30. The molecule has 4 rings (SSSR count). The highest BCUT2D eigenvalue weighted by molar-refractivity contribution is 6.36. The van der Waals surface area contributed by atoms with Gasteiger partial charge in [-0.1, -0.05) is 19.1 Å². The predicted octanol–water partition coefficient (Wildman–Crippen LogP) is 2.45. The zero-order valence-corrected chi connectivity index (χ0v) is 17.9. The number of hydrogen-bond donors (Lipinski definition) is 0. The number of ether oxygens (including phenoxy) is 2. The quantitative estimate of drug-likeness (QED) is 0.731. The van der Waals surface area contributed by atoms with Crippen molar-refractivity contribution in [3.8, 4) is 22.9 Å². The Morgan fingerprint density at radius 1 is 1.16 bits per heavy atom. The first kappa shape index (κ1) is 20.8.